The Labute approximate surface area is 116 Å². The van der Waals surface area contributed by atoms with Gasteiger partial charge in [-0.25, -0.2) is 9.18 Å². The molecule has 1 aromatic carbocycles. The van der Waals surface area contributed by atoms with E-state index in [4.69, 9.17) is 16.7 Å². The molecule has 0 aliphatic rings. The minimum Gasteiger partial charge on any atom is -0.477 e. The van der Waals surface area contributed by atoms with Crippen LogP contribution in [-0.4, -0.2) is 17.0 Å². The van der Waals surface area contributed by atoms with Crippen LogP contribution in [0.1, 0.15) is 20.0 Å². The summed E-state index contributed by atoms with van der Waals surface area (Å²) in [6.07, 6.45) is 0. The predicted octanol–water partition coefficient (Wildman–Crippen LogP) is 3.49. The molecule has 7 heteroatoms. The fraction of sp³-hybridized carbons (Fsp3) is 0. The number of hydrogen-bond donors (Lipinski definition) is 2. The molecule has 1 amide bonds. The van der Waals surface area contributed by atoms with E-state index in [1.807, 2.05) is 0 Å². The second-order valence-corrected chi connectivity index (χ2v) is 4.99. The molecule has 1 heterocycles. The van der Waals surface area contributed by atoms with Gasteiger partial charge in [-0.2, -0.15) is 0 Å². The number of thiophene rings is 1. The van der Waals surface area contributed by atoms with Gasteiger partial charge in [-0.05, 0) is 24.3 Å². The molecule has 0 spiro atoms. The minimum absolute atomic E-state index is 0.00746. The summed E-state index contributed by atoms with van der Waals surface area (Å²) in [6, 6.07) is 6.72. The molecular weight excluding hydrogens is 293 g/mol. The van der Waals surface area contributed by atoms with E-state index in [-0.39, 0.29) is 15.5 Å². The van der Waals surface area contributed by atoms with Crippen molar-refractivity contribution < 1.29 is 19.1 Å². The highest BCUT2D eigenvalue weighted by molar-refractivity contribution is 7.18. The first-order chi connectivity index (χ1) is 8.99. The van der Waals surface area contributed by atoms with Crippen LogP contribution in [-0.2, 0) is 0 Å². The lowest BCUT2D eigenvalue weighted by molar-refractivity contribution is 0.0702. The molecule has 2 aromatic rings. The van der Waals surface area contributed by atoms with Gasteiger partial charge >= 0.3 is 5.97 Å². The summed E-state index contributed by atoms with van der Waals surface area (Å²) in [5.41, 5.74) is -0.00746. The number of amides is 1. The van der Waals surface area contributed by atoms with Crippen LogP contribution < -0.4 is 5.32 Å². The molecule has 0 saturated carbocycles. The summed E-state index contributed by atoms with van der Waals surface area (Å²) in [5.74, 6) is -2.36. The topological polar surface area (TPSA) is 66.4 Å². The van der Waals surface area contributed by atoms with E-state index in [0.29, 0.717) is 5.00 Å². The van der Waals surface area contributed by atoms with Gasteiger partial charge in [-0.1, -0.05) is 17.7 Å². The van der Waals surface area contributed by atoms with E-state index in [2.05, 4.69) is 5.32 Å². The van der Waals surface area contributed by atoms with Crippen LogP contribution >= 0.6 is 22.9 Å². The normalized spacial score (nSPS) is 10.2. The Morgan fingerprint density at radius 3 is 2.63 bits per heavy atom. The van der Waals surface area contributed by atoms with E-state index < -0.39 is 17.7 Å². The highest BCUT2D eigenvalue weighted by Gasteiger charge is 2.15. The molecule has 4 nitrogen and oxygen atoms in total. The van der Waals surface area contributed by atoms with Crippen LogP contribution in [0, 0.1) is 5.82 Å². The van der Waals surface area contributed by atoms with Crippen LogP contribution in [0.15, 0.2) is 30.3 Å². The molecule has 0 aliphatic carbocycles. The Hall–Kier alpha value is -1.92. The monoisotopic (exact) mass is 299 g/mol. The van der Waals surface area contributed by atoms with Crippen molar-refractivity contribution >= 4 is 39.8 Å². The highest BCUT2D eigenvalue weighted by Crippen LogP contribution is 2.25. The number of carbonyl (C=O) groups is 2. The van der Waals surface area contributed by atoms with Crippen LogP contribution in [0.3, 0.4) is 0 Å². The Kier molecular flexibility index (Phi) is 3.82. The lowest BCUT2D eigenvalue weighted by Crippen LogP contribution is -2.11. The zero-order valence-electron chi connectivity index (χ0n) is 9.31. The second kappa shape index (κ2) is 5.38. The fourth-order valence-corrected chi connectivity index (χ4v) is 2.33. The van der Waals surface area contributed by atoms with Crippen molar-refractivity contribution in [1.82, 2.24) is 0 Å². The molecule has 0 fully saturated rings. The maximum Gasteiger partial charge on any atom is 0.345 e. The van der Waals surface area contributed by atoms with Gasteiger partial charge in [0.1, 0.15) is 10.7 Å². The van der Waals surface area contributed by atoms with E-state index in [0.717, 1.165) is 17.4 Å². The first kappa shape index (κ1) is 13.5. The summed E-state index contributed by atoms with van der Waals surface area (Å²) in [7, 11) is 0. The maximum absolute atomic E-state index is 13.2. The van der Waals surface area contributed by atoms with Gasteiger partial charge in [0.05, 0.1) is 15.6 Å². The predicted molar refractivity (Wildman–Crippen MR) is 70.6 cm³/mol. The number of hydrogen-bond acceptors (Lipinski definition) is 3. The summed E-state index contributed by atoms with van der Waals surface area (Å²) < 4.78 is 13.2. The molecule has 2 N–H and O–H groups in total. The van der Waals surface area contributed by atoms with E-state index in [1.54, 1.807) is 0 Å². The zero-order valence-corrected chi connectivity index (χ0v) is 10.9. The number of aromatic carboxylic acids is 1. The summed E-state index contributed by atoms with van der Waals surface area (Å²) in [5, 5.41) is 11.3. The lowest BCUT2D eigenvalue weighted by Gasteiger charge is -2.04. The minimum atomic E-state index is -1.07. The lowest BCUT2D eigenvalue weighted by atomic mass is 10.2. The second-order valence-electron chi connectivity index (χ2n) is 3.52. The van der Waals surface area contributed by atoms with Crippen molar-refractivity contribution in [1.29, 1.82) is 0 Å². The SMILES string of the molecule is O=C(O)c1ccc(NC(=O)c2cccc(F)c2Cl)s1. The highest BCUT2D eigenvalue weighted by atomic mass is 35.5. The van der Waals surface area contributed by atoms with Crippen molar-refractivity contribution in [2.24, 2.45) is 0 Å². The average Bonchev–Trinajstić information content (AvgIpc) is 2.81. The molecule has 0 bridgehead atoms. The number of carboxylic acid groups (broad SMARTS) is 1. The third-order valence-corrected chi connectivity index (χ3v) is 3.62. The number of nitrogens with one attached hydrogen (secondary N) is 1. The van der Waals surface area contributed by atoms with Crippen LogP contribution in [0.5, 0.6) is 0 Å². The molecule has 1 aromatic heterocycles. The first-order valence-corrected chi connectivity index (χ1v) is 6.27. The third kappa shape index (κ3) is 2.91. The Balaban J connectivity index is 2.21. The molecule has 0 atom stereocenters. The molecule has 98 valence electrons. The van der Waals surface area contributed by atoms with Crippen molar-refractivity contribution in [3.8, 4) is 0 Å². The standard InChI is InChI=1S/C12H7ClFNO3S/c13-10-6(2-1-3-7(10)14)11(16)15-9-5-4-8(19-9)12(17)18/h1-5H,(H,15,16)(H,17,18). The van der Waals surface area contributed by atoms with Crippen molar-refractivity contribution in [2.75, 3.05) is 5.32 Å². The maximum atomic E-state index is 13.2. The zero-order chi connectivity index (χ0) is 14.0. The number of carbonyl (C=O) groups excluding carboxylic acids is 1. The van der Waals surface area contributed by atoms with Gasteiger partial charge in [-0.15, -0.1) is 11.3 Å². The van der Waals surface area contributed by atoms with Crippen molar-refractivity contribution in [3.63, 3.8) is 0 Å². The number of benzene rings is 1. The third-order valence-electron chi connectivity index (χ3n) is 2.25. The van der Waals surface area contributed by atoms with Gasteiger partial charge in [0.2, 0.25) is 0 Å². The number of halogens is 2. The van der Waals surface area contributed by atoms with Gasteiger partial charge in [-0.3, -0.25) is 4.79 Å². The average molecular weight is 300 g/mol. The molecule has 2 rings (SSSR count). The Morgan fingerprint density at radius 1 is 1.26 bits per heavy atom. The fourth-order valence-electron chi connectivity index (χ4n) is 1.38. The van der Waals surface area contributed by atoms with Gasteiger partial charge < -0.3 is 10.4 Å². The quantitative estimate of drug-likeness (QED) is 0.911. The number of rotatable bonds is 3. The van der Waals surface area contributed by atoms with Gasteiger partial charge in [0, 0.05) is 0 Å². The Bertz CT molecular complexity index is 656. The Morgan fingerprint density at radius 2 is 2.00 bits per heavy atom. The molecule has 19 heavy (non-hydrogen) atoms. The summed E-state index contributed by atoms with van der Waals surface area (Å²) in [6.45, 7) is 0. The van der Waals surface area contributed by atoms with Crippen LogP contribution in [0.4, 0.5) is 9.39 Å². The van der Waals surface area contributed by atoms with Crippen LogP contribution in [0.2, 0.25) is 5.02 Å². The summed E-state index contributed by atoms with van der Waals surface area (Å²) >= 11 is 6.59. The molecular formula is C12H7ClFNO3S. The van der Waals surface area contributed by atoms with E-state index >= 15 is 0 Å². The van der Waals surface area contributed by atoms with Crippen molar-refractivity contribution in [2.45, 2.75) is 0 Å². The molecule has 0 radical (unpaired) electrons. The first-order valence-electron chi connectivity index (χ1n) is 5.07. The van der Waals surface area contributed by atoms with E-state index in [9.17, 15) is 14.0 Å². The molecule has 0 saturated heterocycles. The number of anilines is 1. The number of carboxylic acids is 1. The van der Waals surface area contributed by atoms with Crippen LogP contribution in [0.25, 0.3) is 0 Å². The summed E-state index contributed by atoms with van der Waals surface area (Å²) in [4.78, 5) is 22.7. The largest absolute Gasteiger partial charge is 0.477 e. The molecule has 0 aliphatic heterocycles. The molecule has 0 unspecified atom stereocenters. The van der Waals surface area contributed by atoms with Crippen molar-refractivity contribution in [3.05, 3.63) is 51.6 Å². The van der Waals surface area contributed by atoms with E-state index in [1.165, 1.54) is 24.3 Å². The smallest absolute Gasteiger partial charge is 0.345 e. The van der Waals surface area contributed by atoms with Gasteiger partial charge in [0.15, 0.2) is 0 Å². The van der Waals surface area contributed by atoms with Gasteiger partial charge in [0.25, 0.3) is 5.91 Å².